The van der Waals surface area contributed by atoms with Crippen molar-refractivity contribution in [3.8, 4) is 5.75 Å². The van der Waals surface area contributed by atoms with Gasteiger partial charge < -0.3 is 5.11 Å². The Kier molecular flexibility index (Phi) is 4.26. The first-order valence-electron chi connectivity index (χ1n) is 4.64. The van der Waals surface area contributed by atoms with Crippen LogP contribution in [-0.4, -0.2) is 13.5 Å². The lowest BCUT2D eigenvalue weighted by atomic mass is 10.0. The number of hydrogen-bond donors (Lipinski definition) is 1. The minimum atomic E-state index is -3.66. The number of phenolic OH excluding ortho intramolecular Hbond substituents is 1. The van der Waals surface area contributed by atoms with Crippen molar-refractivity contribution in [1.29, 1.82) is 0 Å². The lowest BCUT2D eigenvalue weighted by Gasteiger charge is -2.11. The van der Waals surface area contributed by atoms with Gasteiger partial charge in [0.25, 0.3) is 0 Å². The first-order valence-corrected chi connectivity index (χ1v) is 7.91. The van der Waals surface area contributed by atoms with Crippen LogP contribution in [-0.2, 0) is 14.8 Å². The van der Waals surface area contributed by atoms with Crippen LogP contribution in [0.25, 0.3) is 0 Å². The van der Waals surface area contributed by atoms with Gasteiger partial charge in [0.15, 0.2) is 0 Å². The van der Waals surface area contributed by atoms with Crippen molar-refractivity contribution in [3.05, 3.63) is 27.7 Å². The molecule has 0 aromatic heterocycles. The Morgan fingerprint density at radius 1 is 1.44 bits per heavy atom. The molecule has 0 amide bonds. The second-order valence-electron chi connectivity index (χ2n) is 3.84. The summed E-state index contributed by atoms with van der Waals surface area (Å²) >= 11 is 3.34. The van der Waals surface area contributed by atoms with Gasteiger partial charge >= 0.3 is 0 Å². The first kappa shape index (κ1) is 13.8. The quantitative estimate of drug-likeness (QED) is 0.866. The van der Waals surface area contributed by atoms with Crippen LogP contribution in [0.15, 0.2) is 16.6 Å². The van der Waals surface area contributed by atoms with Gasteiger partial charge in [0.05, 0.1) is 5.75 Å². The van der Waals surface area contributed by atoms with Gasteiger partial charge in [0, 0.05) is 20.7 Å². The highest BCUT2D eigenvalue weighted by Crippen LogP contribution is 2.32. The molecule has 0 spiro atoms. The molecule has 0 aliphatic rings. The maximum Gasteiger partial charge on any atom is 0.236 e. The van der Waals surface area contributed by atoms with Gasteiger partial charge in [0.1, 0.15) is 5.75 Å². The summed E-state index contributed by atoms with van der Waals surface area (Å²) < 4.78 is 22.6. The van der Waals surface area contributed by atoms with E-state index in [1.54, 1.807) is 12.1 Å². The van der Waals surface area contributed by atoms with E-state index in [0.29, 0.717) is 5.56 Å². The normalized spacial score (nSPS) is 12.1. The van der Waals surface area contributed by atoms with E-state index in [4.69, 9.17) is 10.7 Å². The summed E-state index contributed by atoms with van der Waals surface area (Å²) in [6.07, 6.45) is 0. The fourth-order valence-corrected chi connectivity index (χ4v) is 3.17. The van der Waals surface area contributed by atoms with Crippen LogP contribution in [0.2, 0.25) is 0 Å². The standard InChI is InChI=1S/C10H12BrClO3S/c1-6(2)8-4-10(13)7(3-9(8)11)5-16(12,14)15/h3-4,6,13H,5H2,1-2H3. The maximum absolute atomic E-state index is 10.9. The molecule has 1 aromatic rings. The van der Waals surface area contributed by atoms with Crippen molar-refractivity contribution in [3.63, 3.8) is 0 Å². The summed E-state index contributed by atoms with van der Waals surface area (Å²) in [4.78, 5) is 0. The zero-order chi connectivity index (χ0) is 12.5. The van der Waals surface area contributed by atoms with Crippen LogP contribution < -0.4 is 0 Å². The summed E-state index contributed by atoms with van der Waals surface area (Å²) in [5.74, 6) is -0.185. The van der Waals surface area contributed by atoms with Gasteiger partial charge in [0.2, 0.25) is 9.05 Å². The molecule has 0 unspecified atom stereocenters. The molecule has 6 heteroatoms. The van der Waals surface area contributed by atoms with E-state index in [2.05, 4.69) is 15.9 Å². The number of phenols is 1. The van der Waals surface area contributed by atoms with Gasteiger partial charge in [-0.3, -0.25) is 0 Å². The Morgan fingerprint density at radius 3 is 2.44 bits per heavy atom. The van der Waals surface area contributed by atoms with E-state index >= 15 is 0 Å². The average Bonchev–Trinajstić information content (AvgIpc) is 2.07. The molecule has 0 saturated carbocycles. The SMILES string of the molecule is CC(C)c1cc(O)c(CS(=O)(=O)Cl)cc1Br. The number of benzene rings is 1. The van der Waals surface area contributed by atoms with E-state index in [-0.39, 0.29) is 17.4 Å². The molecular weight excluding hydrogens is 316 g/mol. The summed E-state index contributed by atoms with van der Waals surface area (Å²) in [6, 6.07) is 3.15. The van der Waals surface area contributed by atoms with Crippen molar-refractivity contribution in [2.45, 2.75) is 25.5 Å². The lowest BCUT2D eigenvalue weighted by molar-refractivity contribution is 0.468. The molecule has 0 radical (unpaired) electrons. The molecule has 0 fully saturated rings. The van der Waals surface area contributed by atoms with Crippen LogP contribution in [0.5, 0.6) is 5.75 Å². The molecule has 90 valence electrons. The van der Waals surface area contributed by atoms with Crippen molar-refractivity contribution >= 4 is 35.7 Å². The molecule has 1 rings (SSSR count). The van der Waals surface area contributed by atoms with Crippen molar-refractivity contribution in [1.82, 2.24) is 0 Å². The molecular formula is C10H12BrClO3S. The molecule has 0 bridgehead atoms. The number of halogens is 2. The summed E-state index contributed by atoms with van der Waals surface area (Å²) in [7, 11) is 1.48. The molecule has 16 heavy (non-hydrogen) atoms. The van der Waals surface area contributed by atoms with Gasteiger partial charge in [-0.1, -0.05) is 29.8 Å². The molecule has 0 atom stereocenters. The van der Waals surface area contributed by atoms with Gasteiger partial charge in [-0.25, -0.2) is 8.42 Å². The second kappa shape index (κ2) is 4.94. The maximum atomic E-state index is 10.9. The Morgan fingerprint density at radius 2 is 2.00 bits per heavy atom. The topological polar surface area (TPSA) is 54.4 Å². The van der Waals surface area contributed by atoms with E-state index < -0.39 is 9.05 Å². The van der Waals surface area contributed by atoms with Crippen LogP contribution in [0.4, 0.5) is 0 Å². The Hall–Kier alpha value is -0.260. The third-order valence-electron chi connectivity index (χ3n) is 2.15. The van der Waals surface area contributed by atoms with Gasteiger partial charge in [-0.05, 0) is 23.6 Å². The van der Waals surface area contributed by atoms with Crippen molar-refractivity contribution in [2.75, 3.05) is 0 Å². The summed E-state index contributed by atoms with van der Waals surface area (Å²) in [5.41, 5.74) is 1.22. The molecule has 0 aliphatic carbocycles. The Bertz CT molecular complexity index is 497. The first-order chi connectivity index (χ1) is 7.20. The summed E-state index contributed by atoms with van der Waals surface area (Å²) in [6.45, 7) is 3.97. The minimum absolute atomic E-state index is 0.0453. The van der Waals surface area contributed by atoms with Gasteiger partial charge in [-0.2, -0.15) is 0 Å². The lowest BCUT2D eigenvalue weighted by Crippen LogP contribution is -1.98. The second-order valence-corrected chi connectivity index (χ2v) is 7.47. The largest absolute Gasteiger partial charge is 0.508 e. The van der Waals surface area contributed by atoms with E-state index in [0.717, 1.165) is 10.0 Å². The monoisotopic (exact) mass is 326 g/mol. The van der Waals surface area contributed by atoms with Crippen molar-refractivity contribution in [2.24, 2.45) is 0 Å². The third-order valence-corrected chi connectivity index (χ3v) is 3.82. The Labute approximate surface area is 108 Å². The number of rotatable bonds is 3. The predicted octanol–water partition coefficient (Wildman–Crippen LogP) is 3.35. The van der Waals surface area contributed by atoms with E-state index in [9.17, 15) is 13.5 Å². The Balaban J connectivity index is 3.21. The smallest absolute Gasteiger partial charge is 0.236 e. The zero-order valence-corrected chi connectivity index (χ0v) is 12.0. The molecule has 3 nitrogen and oxygen atoms in total. The highest BCUT2D eigenvalue weighted by atomic mass is 79.9. The molecule has 0 aliphatic heterocycles. The zero-order valence-electron chi connectivity index (χ0n) is 8.87. The molecule has 1 N–H and O–H groups in total. The van der Waals surface area contributed by atoms with E-state index in [1.165, 1.54) is 0 Å². The fraction of sp³-hybridized carbons (Fsp3) is 0.400. The van der Waals surface area contributed by atoms with Crippen LogP contribution in [0.3, 0.4) is 0 Å². The average molecular weight is 328 g/mol. The van der Waals surface area contributed by atoms with Crippen LogP contribution in [0, 0.1) is 0 Å². The van der Waals surface area contributed by atoms with Gasteiger partial charge in [-0.15, -0.1) is 0 Å². The van der Waals surface area contributed by atoms with Crippen LogP contribution >= 0.6 is 26.6 Å². The predicted molar refractivity (Wildman–Crippen MR) is 68.4 cm³/mol. The number of hydrogen-bond acceptors (Lipinski definition) is 3. The third kappa shape index (κ3) is 3.64. The molecule has 1 aromatic carbocycles. The summed E-state index contributed by atoms with van der Waals surface area (Å²) in [5, 5.41) is 9.68. The number of aromatic hydroxyl groups is 1. The van der Waals surface area contributed by atoms with Crippen molar-refractivity contribution < 1.29 is 13.5 Å². The molecule has 0 heterocycles. The highest BCUT2D eigenvalue weighted by Gasteiger charge is 2.15. The highest BCUT2D eigenvalue weighted by molar-refractivity contribution is 9.10. The molecule has 0 saturated heterocycles. The minimum Gasteiger partial charge on any atom is -0.508 e. The van der Waals surface area contributed by atoms with E-state index in [1.807, 2.05) is 13.8 Å². The van der Waals surface area contributed by atoms with Crippen LogP contribution in [0.1, 0.15) is 30.9 Å². The fourth-order valence-electron chi connectivity index (χ4n) is 1.36.